The predicted octanol–water partition coefficient (Wildman–Crippen LogP) is 5.58. The highest BCUT2D eigenvalue weighted by Crippen LogP contribution is 2.21. The van der Waals surface area contributed by atoms with Crippen LogP contribution < -0.4 is 10.1 Å². The molecule has 0 radical (unpaired) electrons. The van der Waals surface area contributed by atoms with Gasteiger partial charge in [0.2, 0.25) is 0 Å². The van der Waals surface area contributed by atoms with E-state index in [4.69, 9.17) is 17.8 Å². The van der Waals surface area contributed by atoms with Crippen molar-refractivity contribution in [3.63, 3.8) is 0 Å². The van der Waals surface area contributed by atoms with Crippen molar-refractivity contribution in [1.82, 2.24) is 10.3 Å². The molecule has 0 aliphatic rings. The lowest BCUT2D eigenvalue weighted by atomic mass is 10.2. The minimum atomic E-state index is -4.07. The average Bonchev–Trinajstić information content (AvgIpc) is 2.94. The number of hydrogen-bond acceptors (Lipinski definition) is 10. The van der Waals surface area contributed by atoms with E-state index < -0.39 is 45.1 Å². The first-order chi connectivity index (χ1) is 20.6. The molecule has 1 heterocycles. The number of aryl methyl sites for hydroxylation is 2. The molecule has 240 valence electrons. The molecule has 1 N–H and O–H groups in total. The van der Waals surface area contributed by atoms with Gasteiger partial charge in [-0.15, -0.1) is 0 Å². The third kappa shape index (κ3) is 11.9. The molecular formula is C31H40N2O9S2. The molecule has 3 rings (SSSR count). The number of carbonyl (C=O) groups is 1. The number of ether oxygens (including phenoxy) is 2. The summed E-state index contributed by atoms with van der Waals surface area (Å²) in [6, 6.07) is 15.6. The van der Waals surface area contributed by atoms with Crippen molar-refractivity contribution in [2.45, 2.75) is 82.5 Å². The zero-order chi connectivity index (χ0) is 32.4. The van der Waals surface area contributed by atoms with E-state index in [0.29, 0.717) is 31.7 Å². The van der Waals surface area contributed by atoms with Gasteiger partial charge >= 0.3 is 6.09 Å². The summed E-state index contributed by atoms with van der Waals surface area (Å²) in [7, 11) is -8.14. The van der Waals surface area contributed by atoms with E-state index in [1.165, 1.54) is 36.4 Å². The average molecular weight is 649 g/mol. The molecule has 13 heteroatoms. The Bertz CT molecular complexity index is 1500. The number of nitrogens with one attached hydrogen (secondary N) is 1. The van der Waals surface area contributed by atoms with E-state index >= 15 is 0 Å². The van der Waals surface area contributed by atoms with Gasteiger partial charge in [-0.3, -0.25) is 13.4 Å². The van der Waals surface area contributed by atoms with Crippen LogP contribution in [0.3, 0.4) is 0 Å². The van der Waals surface area contributed by atoms with Gasteiger partial charge in [-0.2, -0.15) is 16.8 Å². The van der Waals surface area contributed by atoms with Crippen molar-refractivity contribution in [1.29, 1.82) is 0 Å². The Labute approximate surface area is 260 Å². The molecule has 11 nitrogen and oxygen atoms in total. The summed E-state index contributed by atoms with van der Waals surface area (Å²) in [5, 5.41) is 2.71. The maximum absolute atomic E-state index is 12.7. The largest absolute Gasteiger partial charge is 0.493 e. The Morgan fingerprint density at radius 2 is 1.23 bits per heavy atom. The monoisotopic (exact) mass is 648 g/mol. The summed E-state index contributed by atoms with van der Waals surface area (Å²) in [4.78, 5) is 16.1. The highest BCUT2D eigenvalue weighted by molar-refractivity contribution is 7.87. The quantitative estimate of drug-likeness (QED) is 0.164. The van der Waals surface area contributed by atoms with Gasteiger partial charge in [0.25, 0.3) is 20.2 Å². The van der Waals surface area contributed by atoms with E-state index in [2.05, 4.69) is 10.3 Å². The maximum Gasteiger partial charge on any atom is 0.407 e. The Morgan fingerprint density at radius 3 is 1.68 bits per heavy atom. The lowest BCUT2D eigenvalue weighted by Gasteiger charge is -2.19. The van der Waals surface area contributed by atoms with Crippen molar-refractivity contribution < 1.29 is 39.5 Å². The van der Waals surface area contributed by atoms with Crippen LogP contribution in [0.15, 0.2) is 70.5 Å². The molecule has 0 fully saturated rings. The first-order valence-electron chi connectivity index (χ1n) is 14.1. The van der Waals surface area contributed by atoms with Crippen LogP contribution in [0.5, 0.6) is 5.75 Å². The first kappa shape index (κ1) is 35.0. The number of aromatic nitrogens is 1. The van der Waals surface area contributed by atoms with Crippen molar-refractivity contribution in [3.8, 4) is 5.75 Å². The van der Waals surface area contributed by atoms with E-state index in [9.17, 15) is 21.6 Å². The van der Waals surface area contributed by atoms with Crippen LogP contribution in [0.4, 0.5) is 4.79 Å². The summed E-state index contributed by atoms with van der Waals surface area (Å²) in [6.07, 6.45) is 1.67. The second-order valence-corrected chi connectivity index (χ2v) is 14.4. The van der Waals surface area contributed by atoms with Crippen molar-refractivity contribution in [2.75, 3.05) is 13.2 Å². The number of carbonyl (C=O) groups excluding carboxylic acids is 1. The van der Waals surface area contributed by atoms with Gasteiger partial charge in [-0.25, -0.2) is 4.79 Å². The van der Waals surface area contributed by atoms with Crippen molar-refractivity contribution in [2.24, 2.45) is 0 Å². The SMILES string of the molecule is Cc1ccc(S(=O)(=O)OCc2cc(OCCCCCNC(=O)OC(C)(C)C)cc(COS(=O)(=O)c3ccc(C)cc3)n2)cc1. The van der Waals surface area contributed by atoms with E-state index in [1.54, 1.807) is 45.0 Å². The molecule has 0 saturated carbocycles. The predicted molar refractivity (Wildman–Crippen MR) is 164 cm³/mol. The summed E-state index contributed by atoms with van der Waals surface area (Å²) in [5.74, 6) is 0.351. The summed E-state index contributed by atoms with van der Waals surface area (Å²) in [5.41, 5.74) is 1.67. The number of rotatable bonds is 15. The van der Waals surface area contributed by atoms with Crippen molar-refractivity contribution in [3.05, 3.63) is 83.2 Å². The molecule has 0 spiro atoms. The minimum Gasteiger partial charge on any atom is -0.493 e. The molecule has 2 aromatic carbocycles. The van der Waals surface area contributed by atoms with Crippen LogP contribution >= 0.6 is 0 Å². The number of hydrogen-bond donors (Lipinski definition) is 1. The molecule has 0 unspecified atom stereocenters. The lowest BCUT2D eigenvalue weighted by molar-refractivity contribution is 0.0526. The third-order valence-electron chi connectivity index (χ3n) is 6.01. The fraction of sp³-hybridized carbons (Fsp3) is 0.419. The zero-order valence-corrected chi connectivity index (χ0v) is 27.3. The standard InChI is InChI=1S/C31H40N2O9S2/c1-23-9-13-28(14-10-23)43(35,36)40-21-25-19-27(39-18-8-6-7-17-32-30(34)42-31(3,4)5)20-26(33-25)22-41-44(37,38)29-15-11-24(2)12-16-29/h9-16,19-20H,6-8,17-18,21-22H2,1-5H3,(H,32,34). The number of nitrogens with zero attached hydrogens (tertiary/aromatic N) is 1. The molecule has 44 heavy (non-hydrogen) atoms. The van der Waals surface area contributed by atoms with Crippen LogP contribution in [0.1, 0.15) is 62.5 Å². The molecule has 1 aromatic heterocycles. The van der Waals surface area contributed by atoms with Gasteiger partial charge in [-0.1, -0.05) is 35.4 Å². The third-order valence-corrected chi connectivity index (χ3v) is 8.56. The normalized spacial score (nSPS) is 12.1. The topological polar surface area (TPSA) is 147 Å². The Balaban J connectivity index is 1.64. The van der Waals surface area contributed by atoms with Crippen molar-refractivity contribution >= 4 is 26.3 Å². The Hall–Kier alpha value is -3.52. The van der Waals surface area contributed by atoms with Crippen LogP contribution in [0, 0.1) is 13.8 Å². The molecule has 0 bridgehead atoms. The van der Waals surface area contributed by atoms with Crippen LogP contribution in [0.2, 0.25) is 0 Å². The molecular weight excluding hydrogens is 608 g/mol. The van der Waals surface area contributed by atoms with Crippen LogP contribution in [0.25, 0.3) is 0 Å². The number of amides is 1. The van der Waals surface area contributed by atoms with Gasteiger partial charge in [0, 0.05) is 18.7 Å². The zero-order valence-electron chi connectivity index (χ0n) is 25.7. The molecule has 1 amide bonds. The summed E-state index contributed by atoms with van der Waals surface area (Å²) >= 11 is 0. The number of alkyl carbamates (subject to hydrolysis) is 1. The van der Waals surface area contributed by atoms with Crippen LogP contribution in [-0.2, 0) is 46.6 Å². The van der Waals surface area contributed by atoms with Gasteiger partial charge in [0.15, 0.2) is 0 Å². The second kappa shape index (κ2) is 15.5. The molecule has 0 aliphatic carbocycles. The van der Waals surface area contributed by atoms with E-state index in [1.807, 2.05) is 13.8 Å². The minimum absolute atomic E-state index is 0.00408. The summed E-state index contributed by atoms with van der Waals surface area (Å²) < 4.78 is 72.4. The molecule has 0 atom stereocenters. The maximum atomic E-state index is 12.7. The summed E-state index contributed by atoms with van der Waals surface area (Å²) in [6.45, 7) is 9.05. The van der Waals surface area contributed by atoms with E-state index in [0.717, 1.165) is 17.5 Å². The smallest absolute Gasteiger partial charge is 0.407 e. The fourth-order valence-corrected chi connectivity index (χ4v) is 5.53. The highest BCUT2D eigenvalue weighted by atomic mass is 32.2. The lowest BCUT2D eigenvalue weighted by Crippen LogP contribution is -2.33. The highest BCUT2D eigenvalue weighted by Gasteiger charge is 2.19. The van der Waals surface area contributed by atoms with Gasteiger partial charge in [-0.05, 0) is 78.1 Å². The van der Waals surface area contributed by atoms with Gasteiger partial charge in [0.1, 0.15) is 24.6 Å². The molecule has 0 aliphatic heterocycles. The number of unbranched alkanes of at least 4 members (excludes halogenated alkanes) is 2. The second-order valence-electron chi connectivity index (χ2n) is 11.2. The van der Waals surface area contributed by atoms with Crippen LogP contribution in [-0.4, -0.2) is 46.7 Å². The van der Waals surface area contributed by atoms with Gasteiger partial charge in [0.05, 0.1) is 27.8 Å². The Kier molecular flexibility index (Phi) is 12.3. The Morgan fingerprint density at radius 1 is 0.750 bits per heavy atom. The number of benzene rings is 2. The van der Waals surface area contributed by atoms with Gasteiger partial charge < -0.3 is 14.8 Å². The van der Waals surface area contributed by atoms with E-state index in [-0.39, 0.29) is 21.2 Å². The molecule has 0 saturated heterocycles. The fourth-order valence-electron chi connectivity index (χ4n) is 3.77. The number of pyridine rings is 1. The first-order valence-corrected chi connectivity index (χ1v) is 17.0. The molecule has 3 aromatic rings.